The van der Waals surface area contributed by atoms with E-state index < -0.39 is 9.70 Å². The molecule has 1 amide bonds. The molecule has 2 nitrogen and oxygen atoms in total. The molecule has 0 atom stereocenters. The minimum atomic E-state index is -1.82. The second-order valence-electron chi connectivity index (χ2n) is 4.73. The number of halogens is 4. The second kappa shape index (κ2) is 15.0. The summed E-state index contributed by atoms with van der Waals surface area (Å²) in [6.45, 7) is 6.15. The van der Waals surface area contributed by atoms with E-state index in [4.69, 9.17) is 34.8 Å². The van der Waals surface area contributed by atoms with Gasteiger partial charge in [-0.15, -0.1) is 0 Å². The highest BCUT2D eigenvalue weighted by atomic mass is 35.6. The number of aryl methyl sites for hydroxylation is 1. The summed E-state index contributed by atoms with van der Waals surface area (Å²) in [6, 6.07) is 7.60. The zero-order valence-electron chi connectivity index (χ0n) is 14.3. The molecule has 1 aromatic rings. The molecule has 6 heteroatoms. The third kappa shape index (κ3) is 14.8. The number of carbonyl (C=O) groups excluding carboxylic acids is 1. The van der Waals surface area contributed by atoms with Gasteiger partial charge in [0.05, 0.1) is 0 Å². The monoisotopic (exact) mass is 385 g/mol. The average Bonchev–Trinajstić information content (AvgIpc) is 2.55. The summed E-state index contributed by atoms with van der Waals surface area (Å²) in [7, 11) is 1.39. The number of nitrogens with one attached hydrogen (secondary N) is 1. The molecular weight excluding hydrogens is 360 g/mol. The minimum Gasteiger partial charge on any atom is -0.355 e. The van der Waals surface area contributed by atoms with Crippen molar-refractivity contribution >= 4 is 40.7 Å². The van der Waals surface area contributed by atoms with E-state index in [9.17, 15) is 9.18 Å². The summed E-state index contributed by atoms with van der Waals surface area (Å²) in [5, 5.41) is 2.17. The van der Waals surface area contributed by atoms with Gasteiger partial charge in [-0.25, -0.2) is 4.39 Å². The number of hydrogen-bond donors (Lipinski definition) is 1. The van der Waals surface area contributed by atoms with Crippen LogP contribution in [0.4, 0.5) is 4.39 Å². The van der Waals surface area contributed by atoms with Crippen LogP contribution in [-0.4, -0.2) is 16.7 Å². The molecule has 1 rings (SSSR count). The molecule has 0 unspecified atom stereocenters. The Kier molecular flexibility index (Phi) is 16.2. The lowest BCUT2D eigenvalue weighted by Gasteiger charge is -2.06. The van der Waals surface area contributed by atoms with Crippen LogP contribution in [0.5, 0.6) is 0 Å². The largest absolute Gasteiger partial charge is 0.355 e. The van der Waals surface area contributed by atoms with Crippen LogP contribution in [0.15, 0.2) is 24.3 Å². The highest BCUT2D eigenvalue weighted by molar-refractivity contribution is 6.76. The van der Waals surface area contributed by atoms with Crippen LogP contribution in [0, 0.1) is 0 Å². The van der Waals surface area contributed by atoms with Crippen molar-refractivity contribution in [2.45, 2.75) is 56.9 Å². The smallest absolute Gasteiger partial charge is 0.271 e. The molecule has 0 heterocycles. The summed E-state index contributed by atoms with van der Waals surface area (Å²) in [5.74, 6) is -0.623. The average molecular weight is 387 g/mol. The third-order valence-electron chi connectivity index (χ3n) is 2.78. The first kappa shape index (κ1) is 24.7. The van der Waals surface area contributed by atoms with Crippen molar-refractivity contribution in [2.75, 3.05) is 7.05 Å². The van der Waals surface area contributed by atoms with Crippen LogP contribution in [0.2, 0.25) is 0 Å². The minimum absolute atomic E-state index is 0.357. The number of carbonyl (C=O) groups is 1. The molecule has 1 aromatic carbocycles. The zero-order chi connectivity index (χ0) is 18.3. The van der Waals surface area contributed by atoms with Crippen molar-refractivity contribution < 1.29 is 9.18 Å². The molecule has 0 fully saturated rings. The molecule has 23 heavy (non-hydrogen) atoms. The Morgan fingerprint density at radius 1 is 1.04 bits per heavy atom. The van der Waals surface area contributed by atoms with E-state index in [0.29, 0.717) is 0 Å². The Balaban J connectivity index is 0. The van der Waals surface area contributed by atoms with Crippen molar-refractivity contribution in [1.29, 1.82) is 0 Å². The number of amides is 1. The van der Waals surface area contributed by atoms with E-state index in [0.717, 1.165) is 12.0 Å². The maximum Gasteiger partial charge on any atom is 0.271 e. The highest BCUT2D eigenvalue weighted by Crippen LogP contribution is 2.25. The van der Waals surface area contributed by atoms with Crippen molar-refractivity contribution in [3.05, 3.63) is 35.4 Å². The van der Waals surface area contributed by atoms with Crippen LogP contribution in [0.3, 0.4) is 0 Å². The number of rotatable bonds is 4. The van der Waals surface area contributed by atoms with Gasteiger partial charge in [0.1, 0.15) is 6.67 Å². The van der Waals surface area contributed by atoms with Crippen molar-refractivity contribution in [2.24, 2.45) is 0 Å². The van der Waals surface area contributed by atoms with Gasteiger partial charge in [-0.3, -0.25) is 4.79 Å². The van der Waals surface area contributed by atoms with E-state index in [1.54, 1.807) is 0 Å². The Morgan fingerprint density at radius 3 is 1.65 bits per heavy atom. The van der Waals surface area contributed by atoms with Crippen LogP contribution >= 0.6 is 34.8 Å². The number of benzene rings is 1. The van der Waals surface area contributed by atoms with Gasteiger partial charge in [0.2, 0.25) is 0 Å². The molecule has 0 aliphatic heterocycles. The Hall–Kier alpha value is -0.510. The molecule has 0 radical (unpaired) electrons. The summed E-state index contributed by atoms with van der Waals surface area (Å²) in [4.78, 5) is 10.3. The lowest BCUT2D eigenvalue weighted by Crippen LogP contribution is -2.31. The number of unbranched alkanes of at least 4 members (excludes halogenated alkanes) is 2. The molecule has 0 aliphatic rings. The fourth-order valence-corrected chi connectivity index (χ4v) is 1.64. The molecule has 1 N–H and O–H groups in total. The van der Waals surface area contributed by atoms with Gasteiger partial charge in [-0.2, -0.15) is 0 Å². The topological polar surface area (TPSA) is 29.1 Å². The maximum atomic E-state index is 12.0. The van der Waals surface area contributed by atoms with Crippen LogP contribution in [-0.2, 0) is 17.9 Å². The van der Waals surface area contributed by atoms with E-state index in [-0.39, 0.29) is 6.67 Å². The molecule has 0 spiro atoms. The van der Waals surface area contributed by atoms with Crippen LogP contribution in [0.1, 0.15) is 51.2 Å². The van der Waals surface area contributed by atoms with E-state index in [1.165, 1.54) is 31.9 Å². The predicted molar refractivity (Wildman–Crippen MR) is 100 cm³/mol. The van der Waals surface area contributed by atoms with Crippen molar-refractivity contribution in [3.63, 3.8) is 0 Å². The quantitative estimate of drug-likeness (QED) is 0.630. The van der Waals surface area contributed by atoms with Gasteiger partial charge in [0.25, 0.3) is 9.70 Å². The van der Waals surface area contributed by atoms with E-state index >= 15 is 0 Å². The molecule has 0 aliphatic carbocycles. The molecule has 134 valence electrons. The van der Waals surface area contributed by atoms with Crippen molar-refractivity contribution in [3.8, 4) is 0 Å². The molecular formula is C17H27Cl3FNO. The van der Waals surface area contributed by atoms with Gasteiger partial charge in [-0.1, -0.05) is 99.1 Å². The predicted octanol–water partition coefficient (Wildman–Crippen LogP) is 6.02. The summed E-state index contributed by atoms with van der Waals surface area (Å²) < 4.78 is 10.1. The molecule has 0 aromatic heterocycles. The van der Waals surface area contributed by atoms with Gasteiger partial charge in [0, 0.05) is 7.05 Å². The SMILES string of the molecule is CCCCC.CCc1ccc(CF)cc1.CNC(=O)C(Cl)(Cl)Cl. The molecule has 0 bridgehead atoms. The van der Waals surface area contributed by atoms with E-state index in [1.807, 2.05) is 24.3 Å². The van der Waals surface area contributed by atoms with E-state index in [2.05, 4.69) is 26.1 Å². The summed E-state index contributed by atoms with van der Waals surface area (Å²) in [5.41, 5.74) is 2.02. The summed E-state index contributed by atoms with van der Waals surface area (Å²) >= 11 is 15.3. The standard InChI is InChI=1S/C9H11F.C5H12.C3H4Cl3NO/c1-2-8-3-5-9(7-10)6-4-8;1-3-5-4-2;1-7-2(8)3(4,5)6/h3-6H,2,7H2,1H3;3-5H2,1-2H3;1H3,(H,7,8). The first-order valence-electron chi connectivity index (χ1n) is 7.69. The maximum absolute atomic E-state index is 12.0. The van der Waals surface area contributed by atoms with Crippen LogP contribution in [0.25, 0.3) is 0 Å². The van der Waals surface area contributed by atoms with Gasteiger partial charge in [0.15, 0.2) is 0 Å². The lowest BCUT2D eigenvalue weighted by atomic mass is 10.1. The number of hydrogen-bond acceptors (Lipinski definition) is 1. The third-order valence-corrected chi connectivity index (χ3v) is 3.29. The fourth-order valence-electron chi connectivity index (χ4n) is 1.36. The molecule has 0 saturated carbocycles. The first-order valence-corrected chi connectivity index (χ1v) is 8.82. The Morgan fingerprint density at radius 2 is 1.48 bits per heavy atom. The zero-order valence-corrected chi connectivity index (χ0v) is 16.5. The fraction of sp³-hybridized carbons (Fsp3) is 0.588. The Labute approximate surface area is 154 Å². The lowest BCUT2D eigenvalue weighted by molar-refractivity contribution is -0.119. The van der Waals surface area contributed by atoms with Crippen molar-refractivity contribution in [1.82, 2.24) is 5.32 Å². The normalized spacial score (nSPS) is 9.91. The number of alkyl halides is 4. The Bertz CT molecular complexity index is 380. The molecule has 0 saturated heterocycles. The van der Waals surface area contributed by atoms with Gasteiger partial charge < -0.3 is 5.32 Å². The highest BCUT2D eigenvalue weighted by Gasteiger charge is 2.28. The second-order valence-corrected chi connectivity index (χ2v) is 7.02. The van der Waals surface area contributed by atoms with Gasteiger partial charge >= 0.3 is 0 Å². The van der Waals surface area contributed by atoms with Crippen LogP contribution < -0.4 is 5.32 Å². The summed E-state index contributed by atoms with van der Waals surface area (Å²) in [6.07, 6.45) is 5.10. The first-order chi connectivity index (χ1) is 10.8. The van der Waals surface area contributed by atoms with Gasteiger partial charge in [-0.05, 0) is 17.5 Å².